The van der Waals surface area contributed by atoms with Gasteiger partial charge in [0.05, 0.1) is 6.54 Å². The summed E-state index contributed by atoms with van der Waals surface area (Å²) in [7, 11) is 1.57. The minimum atomic E-state index is -0.921. The standard InChI is InChI=1S/C6H13NO3/c1-3-5(8)7(2)4-6(9)10/h5,8H,3-4H2,1-2H3,(H,9,10). The molecule has 0 bridgehead atoms. The van der Waals surface area contributed by atoms with Crippen LogP contribution in [0.25, 0.3) is 0 Å². The van der Waals surface area contributed by atoms with Gasteiger partial charge in [-0.2, -0.15) is 0 Å². The van der Waals surface area contributed by atoms with Crippen LogP contribution in [0.1, 0.15) is 13.3 Å². The Balaban J connectivity index is 3.61. The molecule has 0 fully saturated rings. The molecular weight excluding hydrogens is 134 g/mol. The van der Waals surface area contributed by atoms with Gasteiger partial charge in [0.25, 0.3) is 0 Å². The quantitative estimate of drug-likeness (QED) is 0.537. The Bertz CT molecular complexity index is 116. The number of carboxylic acids is 1. The Labute approximate surface area is 60.1 Å². The number of likely N-dealkylation sites (N-methyl/N-ethyl adjacent to an activating group) is 1. The van der Waals surface area contributed by atoms with Crippen LogP contribution in [0.3, 0.4) is 0 Å². The molecule has 0 heterocycles. The van der Waals surface area contributed by atoms with E-state index in [2.05, 4.69) is 0 Å². The van der Waals surface area contributed by atoms with Crippen LogP contribution in [0.2, 0.25) is 0 Å². The van der Waals surface area contributed by atoms with Gasteiger partial charge in [0.15, 0.2) is 0 Å². The molecule has 0 aromatic rings. The number of aliphatic carboxylic acids is 1. The van der Waals surface area contributed by atoms with Gasteiger partial charge in [0, 0.05) is 0 Å². The Morgan fingerprint density at radius 1 is 1.70 bits per heavy atom. The summed E-state index contributed by atoms with van der Waals surface area (Å²) in [5.74, 6) is -0.921. The van der Waals surface area contributed by atoms with Gasteiger partial charge in [-0.25, -0.2) is 0 Å². The highest BCUT2D eigenvalue weighted by Crippen LogP contribution is 1.95. The smallest absolute Gasteiger partial charge is 0.317 e. The third-order valence-electron chi connectivity index (χ3n) is 1.26. The average molecular weight is 147 g/mol. The summed E-state index contributed by atoms with van der Waals surface area (Å²) in [6, 6.07) is 0. The zero-order valence-corrected chi connectivity index (χ0v) is 6.24. The summed E-state index contributed by atoms with van der Waals surface area (Å²) < 4.78 is 0. The zero-order valence-electron chi connectivity index (χ0n) is 6.24. The number of carboxylic acid groups (broad SMARTS) is 1. The second-order valence-corrected chi connectivity index (χ2v) is 2.20. The normalized spacial score (nSPS) is 13.6. The first kappa shape index (κ1) is 9.39. The van der Waals surface area contributed by atoms with E-state index in [1.165, 1.54) is 4.90 Å². The number of aliphatic hydroxyl groups is 1. The lowest BCUT2D eigenvalue weighted by Crippen LogP contribution is -2.35. The lowest BCUT2D eigenvalue weighted by atomic mass is 10.4. The van der Waals surface area contributed by atoms with E-state index >= 15 is 0 Å². The largest absolute Gasteiger partial charge is 0.480 e. The SMILES string of the molecule is CCC(O)N(C)CC(=O)O. The monoisotopic (exact) mass is 147 g/mol. The fourth-order valence-corrected chi connectivity index (χ4v) is 0.630. The van der Waals surface area contributed by atoms with Gasteiger partial charge in [-0.3, -0.25) is 9.69 Å². The maximum atomic E-state index is 10.1. The number of carbonyl (C=O) groups is 1. The fourth-order valence-electron chi connectivity index (χ4n) is 0.630. The Hall–Kier alpha value is -0.610. The summed E-state index contributed by atoms with van der Waals surface area (Å²) in [6.45, 7) is 1.68. The summed E-state index contributed by atoms with van der Waals surface area (Å²) in [5.41, 5.74) is 0. The molecule has 1 unspecified atom stereocenters. The molecule has 0 saturated heterocycles. The molecule has 0 amide bonds. The van der Waals surface area contributed by atoms with Crippen molar-refractivity contribution >= 4 is 5.97 Å². The summed E-state index contributed by atoms with van der Waals surface area (Å²) in [6.07, 6.45) is -0.0971. The lowest BCUT2D eigenvalue weighted by Gasteiger charge is -2.19. The van der Waals surface area contributed by atoms with E-state index in [0.717, 1.165) is 0 Å². The first-order valence-corrected chi connectivity index (χ1v) is 3.18. The van der Waals surface area contributed by atoms with E-state index in [1.807, 2.05) is 0 Å². The molecule has 0 aliphatic carbocycles. The third kappa shape index (κ3) is 3.42. The highest BCUT2D eigenvalue weighted by molar-refractivity contribution is 5.69. The van der Waals surface area contributed by atoms with Crippen LogP contribution in [-0.4, -0.2) is 40.9 Å². The number of hydrogen-bond acceptors (Lipinski definition) is 3. The molecule has 0 aromatic heterocycles. The van der Waals surface area contributed by atoms with Gasteiger partial charge in [-0.05, 0) is 13.5 Å². The van der Waals surface area contributed by atoms with Crippen molar-refractivity contribution in [1.29, 1.82) is 0 Å². The van der Waals surface area contributed by atoms with Crippen molar-refractivity contribution in [2.45, 2.75) is 19.6 Å². The molecule has 0 saturated carbocycles. The molecule has 0 aliphatic rings. The van der Waals surface area contributed by atoms with E-state index < -0.39 is 12.2 Å². The van der Waals surface area contributed by atoms with Crippen molar-refractivity contribution in [2.75, 3.05) is 13.6 Å². The van der Waals surface area contributed by atoms with Crippen molar-refractivity contribution < 1.29 is 15.0 Å². The molecule has 4 nitrogen and oxygen atoms in total. The molecule has 60 valence electrons. The average Bonchev–Trinajstić information content (AvgIpc) is 1.85. The molecular formula is C6H13NO3. The van der Waals surface area contributed by atoms with Crippen LogP contribution in [0.15, 0.2) is 0 Å². The van der Waals surface area contributed by atoms with Crippen molar-refractivity contribution in [3.8, 4) is 0 Å². The summed E-state index contributed by atoms with van der Waals surface area (Å²) in [4.78, 5) is 11.5. The molecule has 0 rings (SSSR count). The second-order valence-electron chi connectivity index (χ2n) is 2.20. The van der Waals surface area contributed by atoms with Gasteiger partial charge >= 0.3 is 5.97 Å². The molecule has 4 heteroatoms. The van der Waals surface area contributed by atoms with Gasteiger partial charge in [-0.15, -0.1) is 0 Å². The topological polar surface area (TPSA) is 60.8 Å². The molecule has 0 aromatic carbocycles. The Morgan fingerprint density at radius 3 is 2.50 bits per heavy atom. The predicted octanol–water partition coefficient (Wildman–Crippen LogP) is -0.269. The Morgan fingerprint density at radius 2 is 2.20 bits per heavy atom. The summed E-state index contributed by atoms with van der Waals surface area (Å²) >= 11 is 0. The highest BCUT2D eigenvalue weighted by Gasteiger charge is 2.10. The predicted molar refractivity (Wildman–Crippen MR) is 36.6 cm³/mol. The molecule has 0 spiro atoms. The number of rotatable bonds is 4. The number of aliphatic hydroxyl groups excluding tert-OH is 1. The van der Waals surface area contributed by atoms with Gasteiger partial charge in [0.2, 0.25) is 0 Å². The van der Waals surface area contributed by atoms with Crippen LogP contribution in [0.5, 0.6) is 0 Å². The molecule has 0 radical (unpaired) electrons. The van der Waals surface area contributed by atoms with Crippen molar-refractivity contribution in [3.05, 3.63) is 0 Å². The van der Waals surface area contributed by atoms with Crippen LogP contribution in [0.4, 0.5) is 0 Å². The van der Waals surface area contributed by atoms with Crippen molar-refractivity contribution in [3.63, 3.8) is 0 Å². The van der Waals surface area contributed by atoms with Gasteiger partial charge in [0.1, 0.15) is 6.23 Å². The van der Waals surface area contributed by atoms with E-state index in [4.69, 9.17) is 10.2 Å². The first-order valence-electron chi connectivity index (χ1n) is 3.18. The van der Waals surface area contributed by atoms with Crippen molar-refractivity contribution in [2.24, 2.45) is 0 Å². The van der Waals surface area contributed by atoms with E-state index in [0.29, 0.717) is 6.42 Å². The Kier molecular flexibility index (Phi) is 3.99. The van der Waals surface area contributed by atoms with Crippen LogP contribution >= 0.6 is 0 Å². The highest BCUT2D eigenvalue weighted by atomic mass is 16.4. The number of hydrogen-bond donors (Lipinski definition) is 2. The lowest BCUT2D eigenvalue weighted by molar-refractivity contribution is -0.140. The second kappa shape index (κ2) is 4.24. The zero-order chi connectivity index (χ0) is 8.15. The fraction of sp³-hybridized carbons (Fsp3) is 0.833. The van der Waals surface area contributed by atoms with Crippen LogP contribution in [0, 0.1) is 0 Å². The third-order valence-corrected chi connectivity index (χ3v) is 1.26. The molecule has 2 N–H and O–H groups in total. The van der Waals surface area contributed by atoms with E-state index in [9.17, 15) is 4.79 Å². The van der Waals surface area contributed by atoms with Gasteiger partial charge in [-0.1, -0.05) is 6.92 Å². The maximum absolute atomic E-state index is 10.1. The van der Waals surface area contributed by atoms with Crippen LogP contribution < -0.4 is 0 Å². The first-order chi connectivity index (χ1) is 4.57. The van der Waals surface area contributed by atoms with E-state index in [1.54, 1.807) is 14.0 Å². The maximum Gasteiger partial charge on any atom is 0.317 e. The number of nitrogens with zero attached hydrogens (tertiary/aromatic N) is 1. The molecule has 0 aliphatic heterocycles. The van der Waals surface area contributed by atoms with Crippen LogP contribution in [-0.2, 0) is 4.79 Å². The minimum Gasteiger partial charge on any atom is -0.480 e. The molecule has 10 heavy (non-hydrogen) atoms. The van der Waals surface area contributed by atoms with Gasteiger partial charge < -0.3 is 10.2 Å². The minimum absolute atomic E-state index is 0.116. The van der Waals surface area contributed by atoms with Crippen molar-refractivity contribution in [1.82, 2.24) is 4.90 Å². The molecule has 1 atom stereocenters. The summed E-state index contributed by atoms with van der Waals surface area (Å²) in [5, 5.41) is 17.3. The van der Waals surface area contributed by atoms with E-state index in [-0.39, 0.29) is 6.54 Å².